The van der Waals surface area contributed by atoms with Crippen LogP contribution in [0.4, 0.5) is 5.13 Å². The number of aromatic nitrogens is 1. The van der Waals surface area contributed by atoms with Crippen molar-refractivity contribution in [3.8, 4) is 0 Å². The van der Waals surface area contributed by atoms with E-state index < -0.39 is 0 Å². The molecule has 1 aromatic rings. The van der Waals surface area contributed by atoms with Crippen molar-refractivity contribution in [1.29, 1.82) is 0 Å². The fourth-order valence-corrected chi connectivity index (χ4v) is 2.20. The molecule has 0 unspecified atom stereocenters. The Labute approximate surface area is 98.9 Å². The first-order chi connectivity index (χ1) is 7.79. The van der Waals surface area contributed by atoms with Crippen molar-refractivity contribution in [2.45, 2.75) is 13.0 Å². The minimum atomic E-state index is 0.0173. The first-order valence-electron chi connectivity index (χ1n) is 5.43. The Kier molecular flexibility index (Phi) is 3.87. The van der Waals surface area contributed by atoms with Gasteiger partial charge in [0.05, 0.1) is 6.54 Å². The summed E-state index contributed by atoms with van der Waals surface area (Å²) in [5.74, 6) is 0.0173. The molecule has 5 nitrogen and oxygen atoms in total. The van der Waals surface area contributed by atoms with E-state index in [1.165, 1.54) is 11.3 Å². The molecule has 0 bridgehead atoms. The summed E-state index contributed by atoms with van der Waals surface area (Å²) < 4.78 is 0. The highest BCUT2D eigenvalue weighted by Gasteiger charge is 2.24. The summed E-state index contributed by atoms with van der Waals surface area (Å²) in [6.07, 6.45) is 1.69. The number of carbonyl (C=O) groups excluding carboxylic acids is 1. The topological polar surface area (TPSA) is 57.3 Å². The molecule has 0 aliphatic carbocycles. The fraction of sp³-hybridized carbons (Fsp3) is 0.600. The number of thiazole rings is 1. The molecule has 1 aliphatic heterocycles. The predicted molar refractivity (Wildman–Crippen MR) is 64.6 cm³/mol. The number of hydrogen-bond acceptors (Lipinski definition) is 5. The largest absolute Gasteiger partial charge is 0.314 e. The van der Waals surface area contributed by atoms with Crippen molar-refractivity contribution in [3.05, 3.63) is 11.6 Å². The van der Waals surface area contributed by atoms with Crippen molar-refractivity contribution in [2.24, 2.45) is 0 Å². The van der Waals surface area contributed by atoms with Gasteiger partial charge in [-0.05, 0) is 6.54 Å². The molecule has 0 atom stereocenters. The molecule has 1 amide bonds. The zero-order valence-corrected chi connectivity index (χ0v) is 10.1. The molecular weight excluding hydrogens is 224 g/mol. The van der Waals surface area contributed by atoms with Gasteiger partial charge >= 0.3 is 0 Å². The zero-order chi connectivity index (χ0) is 11.4. The Balaban J connectivity index is 1.81. The minimum absolute atomic E-state index is 0.0173. The number of rotatable bonds is 5. The molecule has 1 aliphatic rings. The van der Waals surface area contributed by atoms with Crippen LogP contribution in [0.5, 0.6) is 0 Å². The Bertz CT molecular complexity index is 337. The molecule has 1 aromatic heterocycles. The van der Waals surface area contributed by atoms with E-state index in [1.54, 1.807) is 6.20 Å². The monoisotopic (exact) mass is 240 g/mol. The number of carbonyl (C=O) groups is 1. The van der Waals surface area contributed by atoms with Crippen molar-refractivity contribution >= 4 is 22.4 Å². The molecule has 16 heavy (non-hydrogen) atoms. The highest BCUT2D eigenvalue weighted by atomic mass is 32.1. The number of nitrogens with one attached hydrogen (secondary N) is 2. The van der Waals surface area contributed by atoms with Gasteiger partial charge in [-0.2, -0.15) is 0 Å². The lowest BCUT2D eigenvalue weighted by Gasteiger charge is -2.37. The van der Waals surface area contributed by atoms with Gasteiger partial charge in [0, 0.05) is 30.7 Å². The average molecular weight is 240 g/mol. The van der Waals surface area contributed by atoms with Gasteiger partial charge in [0.25, 0.3) is 0 Å². The molecule has 1 fully saturated rings. The summed E-state index contributed by atoms with van der Waals surface area (Å²) in [5.41, 5.74) is 0. The molecule has 0 spiro atoms. The van der Waals surface area contributed by atoms with Crippen LogP contribution < -0.4 is 10.6 Å². The third-order valence-corrected chi connectivity index (χ3v) is 3.40. The van der Waals surface area contributed by atoms with Crippen LogP contribution in [-0.4, -0.2) is 48.0 Å². The normalized spacial score (nSPS) is 16.1. The van der Waals surface area contributed by atoms with Crippen molar-refractivity contribution in [3.63, 3.8) is 0 Å². The minimum Gasteiger partial charge on any atom is -0.314 e. The lowest BCUT2D eigenvalue weighted by Crippen LogP contribution is -2.58. The Morgan fingerprint density at radius 2 is 2.56 bits per heavy atom. The van der Waals surface area contributed by atoms with E-state index in [1.807, 2.05) is 5.38 Å². The van der Waals surface area contributed by atoms with E-state index in [4.69, 9.17) is 0 Å². The summed E-state index contributed by atoms with van der Waals surface area (Å²) in [6.45, 7) is 5.39. The third kappa shape index (κ3) is 2.78. The summed E-state index contributed by atoms with van der Waals surface area (Å²) in [5, 5.41) is 8.53. The zero-order valence-electron chi connectivity index (χ0n) is 9.27. The standard InChI is InChI=1S/C10H16N4OS/c1-2-14(8-5-11-6-8)7-9(15)13-10-12-3-4-16-10/h3-4,8,11H,2,5-7H2,1H3,(H,12,13,15). The molecule has 88 valence electrons. The molecule has 2 heterocycles. The van der Waals surface area contributed by atoms with Crippen LogP contribution in [0.25, 0.3) is 0 Å². The molecule has 2 N–H and O–H groups in total. The number of nitrogens with zero attached hydrogens (tertiary/aromatic N) is 2. The Morgan fingerprint density at radius 3 is 3.06 bits per heavy atom. The van der Waals surface area contributed by atoms with Crippen LogP contribution in [0.1, 0.15) is 6.92 Å². The molecule has 0 radical (unpaired) electrons. The maximum Gasteiger partial charge on any atom is 0.240 e. The first kappa shape index (κ1) is 11.5. The maximum atomic E-state index is 11.7. The Morgan fingerprint density at radius 1 is 1.75 bits per heavy atom. The first-order valence-corrected chi connectivity index (χ1v) is 6.31. The summed E-state index contributed by atoms with van der Waals surface area (Å²) >= 11 is 1.44. The van der Waals surface area contributed by atoms with Crippen LogP contribution in [0.15, 0.2) is 11.6 Å². The highest BCUT2D eigenvalue weighted by Crippen LogP contribution is 2.10. The van der Waals surface area contributed by atoms with Gasteiger partial charge in [-0.15, -0.1) is 11.3 Å². The van der Waals surface area contributed by atoms with Crippen LogP contribution in [-0.2, 0) is 4.79 Å². The van der Waals surface area contributed by atoms with Crippen molar-refractivity contribution in [1.82, 2.24) is 15.2 Å². The molecule has 6 heteroatoms. The molecule has 0 saturated carbocycles. The van der Waals surface area contributed by atoms with E-state index in [-0.39, 0.29) is 5.91 Å². The predicted octanol–water partition coefficient (Wildman–Crippen LogP) is 0.375. The number of hydrogen-bond donors (Lipinski definition) is 2. The van der Waals surface area contributed by atoms with E-state index in [9.17, 15) is 4.79 Å². The summed E-state index contributed by atoms with van der Waals surface area (Å²) in [4.78, 5) is 17.9. The van der Waals surface area contributed by atoms with Gasteiger partial charge in [-0.1, -0.05) is 6.92 Å². The second-order valence-corrected chi connectivity index (χ2v) is 4.66. The lowest BCUT2D eigenvalue weighted by molar-refractivity contribution is -0.118. The summed E-state index contributed by atoms with van der Waals surface area (Å²) in [6, 6.07) is 0.507. The van der Waals surface area contributed by atoms with E-state index in [0.717, 1.165) is 19.6 Å². The quantitative estimate of drug-likeness (QED) is 0.781. The summed E-state index contributed by atoms with van der Waals surface area (Å²) in [7, 11) is 0. The molecule has 2 rings (SSSR count). The highest BCUT2D eigenvalue weighted by molar-refractivity contribution is 7.13. The second-order valence-electron chi connectivity index (χ2n) is 3.76. The SMILES string of the molecule is CCN(CC(=O)Nc1nccs1)C1CNC1. The molecule has 0 aromatic carbocycles. The van der Waals surface area contributed by atoms with Crippen molar-refractivity contribution < 1.29 is 4.79 Å². The van der Waals surface area contributed by atoms with Gasteiger partial charge in [-0.25, -0.2) is 4.98 Å². The second kappa shape index (κ2) is 5.38. The number of anilines is 1. The Hall–Kier alpha value is -0.980. The maximum absolute atomic E-state index is 11.7. The van der Waals surface area contributed by atoms with Crippen LogP contribution >= 0.6 is 11.3 Å². The molecule has 1 saturated heterocycles. The number of amides is 1. The molecular formula is C10H16N4OS. The smallest absolute Gasteiger partial charge is 0.240 e. The average Bonchev–Trinajstić information content (AvgIpc) is 2.66. The van der Waals surface area contributed by atoms with Crippen LogP contribution in [0.3, 0.4) is 0 Å². The van der Waals surface area contributed by atoms with Crippen molar-refractivity contribution in [2.75, 3.05) is 31.5 Å². The van der Waals surface area contributed by atoms with Gasteiger partial charge in [0.2, 0.25) is 5.91 Å². The van der Waals surface area contributed by atoms with Crippen LogP contribution in [0, 0.1) is 0 Å². The van der Waals surface area contributed by atoms with E-state index in [0.29, 0.717) is 17.7 Å². The fourth-order valence-electron chi connectivity index (χ4n) is 1.66. The number of likely N-dealkylation sites (N-methyl/N-ethyl adjacent to an activating group) is 1. The lowest BCUT2D eigenvalue weighted by atomic mass is 10.1. The van der Waals surface area contributed by atoms with Gasteiger partial charge in [-0.3, -0.25) is 9.69 Å². The third-order valence-electron chi connectivity index (χ3n) is 2.71. The van der Waals surface area contributed by atoms with Gasteiger partial charge in [0.1, 0.15) is 0 Å². The van der Waals surface area contributed by atoms with Gasteiger partial charge < -0.3 is 10.6 Å². The van der Waals surface area contributed by atoms with Gasteiger partial charge in [0.15, 0.2) is 5.13 Å². The van der Waals surface area contributed by atoms with E-state index >= 15 is 0 Å². The van der Waals surface area contributed by atoms with Crippen LogP contribution in [0.2, 0.25) is 0 Å². The van der Waals surface area contributed by atoms with E-state index in [2.05, 4.69) is 27.4 Å².